The van der Waals surface area contributed by atoms with E-state index in [-0.39, 0.29) is 12.2 Å². The molecule has 1 aliphatic rings. The fourth-order valence-electron chi connectivity index (χ4n) is 1.22. The van der Waals surface area contributed by atoms with Gasteiger partial charge >= 0.3 is 7.75 Å². The first kappa shape index (κ1) is 10.2. The number of rotatable bonds is 1. The number of nitrogens with zero attached hydrogens (tertiary/aromatic N) is 1. The van der Waals surface area contributed by atoms with Crippen LogP contribution in [0.4, 0.5) is 0 Å². The van der Waals surface area contributed by atoms with Crippen LogP contribution >= 0.6 is 7.75 Å². The van der Waals surface area contributed by atoms with Crippen LogP contribution < -0.4 is 0 Å². The van der Waals surface area contributed by atoms with Crippen molar-refractivity contribution in [2.75, 3.05) is 14.1 Å². The molecule has 0 aromatic heterocycles. The van der Waals surface area contributed by atoms with E-state index in [9.17, 15) is 4.57 Å². The van der Waals surface area contributed by atoms with Crippen LogP contribution in [-0.4, -0.2) is 31.0 Å². The highest BCUT2D eigenvalue weighted by molar-refractivity contribution is 7.51. The SMILES string of the molecule is C[C@@H]1C[C@H](C)OP(=O)(N(C)C)O1. The zero-order valence-corrected chi connectivity index (χ0v) is 8.88. The van der Waals surface area contributed by atoms with Crippen molar-refractivity contribution in [3.8, 4) is 0 Å². The minimum atomic E-state index is -2.96. The Morgan fingerprint density at radius 2 is 1.67 bits per heavy atom. The summed E-state index contributed by atoms with van der Waals surface area (Å²) in [6, 6.07) is 0. The molecule has 0 aromatic carbocycles. The van der Waals surface area contributed by atoms with E-state index in [2.05, 4.69) is 0 Å². The average Bonchev–Trinajstić information content (AvgIpc) is 1.82. The van der Waals surface area contributed by atoms with Crippen LogP contribution in [0.2, 0.25) is 0 Å². The molecular weight excluding hydrogens is 177 g/mol. The third kappa shape index (κ3) is 2.07. The normalized spacial score (nSPS) is 43.4. The predicted molar refractivity (Wildman–Crippen MR) is 47.0 cm³/mol. The van der Waals surface area contributed by atoms with Gasteiger partial charge in [0.2, 0.25) is 0 Å². The van der Waals surface area contributed by atoms with Crippen LogP contribution in [0.1, 0.15) is 20.3 Å². The van der Waals surface area contributed by atoms with Gasteiger partial charge in [-0.3, -0.25) is 9.05 Å². The molecule has 1 unspecified atom stereocenters. The zero-order valence-electron chi connectivity index (χ0n) is 7.98. The third-order valence-electron chi connectivity index (χ3n) is 1.78. The summed E-state index contributed by atoms with van der Waals surface area (Å²) in [5.41, 5.74) is 0. The molecule has 3 atom stereocenters. The Bertz CT molecular complexity index is 193. The first-order valence-corrected chi connectivity index (χ1v) is 5.58. The first-order chi connectivity index (χ1) is 5.44. The van der Waals surface area contributed by atoms with Gasteiger partial charge in [-0.25, -0.2) is 9.24 Å². The van der Waals surface area contributed by atoms with E-state index in [1.807, 2.05) is 13.8 Å². The summed E-state index contributed by atoms with van der Waals surface area (Å²) in [7, 11) is 0.436. The van der Waals surface area contributed by atoms with Crippen LogP contribution in [0.3, 0.4) is 0 Å². The lowest BCUT2D eigenvalue weighted by Crippen LogP contribution is -2.29. The van der Waals surface area contributed by atoms with Crippen LogP contribution in [0.15, 0.2) is 0 Å². The molecule has 1 fully saturated rings. The second kappa shape index (κ2) is 3.46. The van der Waals surface area contributed by atoms with Crippen LogP contribution in [-0.2, 0) is 13.6 Å². The maximum Gasteiger partial charge on any atom is 0.408 e. The Morgan fingerprint density at radius 3 is 2.00 bits per heavy atom. The quantitative estimate of drug-likeness (QED) is 0.596. The van der Waals surface area contributed by atoms with Crippen molar-refractivity contribution in [3.05, 3.63) is 0 Å². The molecule has 0 spiro atoms. The maximum atomic E-state index is 11.8. The van der Waals surface area contributed by atoms with E-state index >= 15 is 0 Å². The van der Waals surface area contributed by atoms with E-state index in [1.165, 1.54) is 4.67 Å². The molecule has 0 amide bonds. The smallest absolute Gasteiger partial charge is 0.293 e. The van der Waals surface area contributed by atoms with E-state index in [4.69, 9.17) is 9.05 Å². The standard InChI is InChI=1S/C7H16NO3P/c1-6-5-7(2)11-12(9,10-6)8(3)4/h6-7H,5H2,1-4H3/t6-,7+,12?. The molecule has 1 heterocycles. The first-order valence-electron chi connectivity index (χ1n) is 4.08. The summed E-state index contributed by atoms with van der Waals surface area (Å²) in [6.07, 6.45) is 0.835. The minimum Gasteiger partial charge on any atom is -0.293 e. The van der Waals surface area contributed by atoms with Gasteiger partial charge in [0.05, 0.1) is 12.2 Å². The highest BCUT2D eigenvalue weighted by Gasteiger charge is 2.37. The third-order valence-corrected chi connectivity index (χ3v) is 4.01. The fraction of sp³-hybridized carbons (Fsp3) is 1.00. The van der Waals surface area contributed by atoms with Gasteiger partial charge in [0, 0.05) is 6.42 Å². The van der Waals surface area contributed by atoms with E-state index in [0.717, 1.165) is 6.42 Å². The van der Waals surface area contributed by atoms with Gasteiger partial charge in [0.1, 0.15) is 0 Å². The van der Waals surface area contributed by atoms with Crippen molar-refractivity contribution in [1.82, 2.24) is 4.67 Å². The van der Waals surface area contributed by atoms with Crippen LogP contribution in [0, 0.1) is 0 Å². The summed E-state index contributed by atoms with van der Waals surface area (Å²) in [5.74, 6) is 0. The minimum absolute atomic E-state index is 0.0157. The molecule has 0 saturated carbocycles. The second-order valence-corrected chi connectivity index (χ2v) is 5.54. The fourth-order valence-corrected chi connectivity index (χ4v) is 2.73. The molecule has 0 aliphatic carbocycles. The van der Waals surface area contributed by atoms with Crippen molar-refractivity contribution < 1.29 is 13.6 Å². The highest BCUT2D eigenvalue weighted by Crippen LogP contribution is 2.55. The van der Waals surface area contributed by atoms with Crippen LogP contribution in [0.25, 0.3) is 0 Å². The second-order valence-electron chi connectivity index (χ2n) is 3.38. The van der Waals surface area contributed by atoms with Crippen molar-refractivity contribution in [2.45, 2.75) is 32.5 Å². The van der Waals surface area contributed by atoms with Gasteiger partial charge in [-0.15, -0.1) is 0 Å². The molecule has 1 rings (SSSR count). The lowest BCUT2D eigenvalue weighted by atomic mass is 10.2. The van der Waals surface area contributed by atoms with Crippen molar-refractivity contribution in [1.29, 1.82) is 0 Å². The van der Waals surface area contributed by atoms with Crippen LogP contribution in [0.5, 0.6) is 0 Å². The molecule has 1 aliphatic heterocycles. The lowest BCUT2D eigenvalue weighted by molar-refractivity contribution is 0.0308. The summed E-state index contributed by atoms with van der Waals surface area (Å²) in [4.78, 5) is 0. The molecule has 0 bridgehead atoms. The largest absolute Gasteiger partial charge is 0.408 e. The lowest BCUT2D eigenvalue weighted by Gasteiger charge is -2.34. The highest BCUT2D eigenvalue weighted by atomic mass is 31.2. The van der Waals surface area contributed by atoms with Gasteiger partial charge in [-0.05, 0) is 27.9 Å². The Morgan fingerprint density at radius 1 is 1.25 bits per heavy atom. The summed E-state index contributed by atoms with van der Waals surface area (Å²) in [6.45, 7) is 3.82. The molecule has 5 heteroatoms. The van der Waals surface area contributed by atoms with Crippen molar-refractivity contribution >= 4 is 7.75 Å². The van der Waals surface area contributed by atoms with Crippen molar-refractivity contribution in [3.63, 3.8) is 0 Å². The topological polar surface area (TPSA) is 38.8 Å². The van der Waals surface area contributed by atoms with Crippen molar-refractivity contribution in [2.24, 2.45) is 0 Å². The molecule has 0 N–H and O–H groups in total. The molecule has 1 saturated heterocycles. The molecular formula is C7H16NO3P. The zero-order chi connectivity index (χ0) is 9.35. The maximum absolute atomic E-state index is 11.8. The van der Waals surface area contributed by atoms with E-state index < -0.39 is 7.75 Å². The van der Waals surface area contributed by atoms with Gasteiger partial charge in [-0.1, -0.05) is 0 Å². The summed E-state index contributed by atoms with van der Waals surface area (Å²) < 4.78 is 23.9. The number of hydrogen-bond donors (Lipinski definition) is 0. The predicted octanol–water partition coefficient (Wildman–Crippen LogP) is 1.87. The van der Waals surface area contributed by atoms with Gasteiger partial charge in [0.25, 0.3) is 0 Å². The van der Waals surface area contributed by atoms with Gasteiger partial charge < -0.3 is 0 Å². The van der Waals surface area contributed by atoms with E-state index in [1.54, 1.807) is 14.1 Å². The summed E-state index contributed by atoms with van der Waals surface area (Å²) in [5, 5.41) is 0. The Balaban J connectivity index is 2.72. The monoisotopic (exact) mass is 193 g/mol. The number of hydrogen-bond acceptors (Lipinski definition) is 3. The Hall–Kier alpha value is 0.110. The molecule has 0 aromatic rings. The van der Waals surface area contributed by atoms with Gasteiger partial charge in [0.15, 0.2) is 0 Å². The Labute approximate surface area is 73.4 Å². The van der Waals surface area contributed by atoms with E-state index in [0.29, 0.717) is 0 Å². The molecule has 72 valence electrons. The van der Waals surface area contributed by atoms with Gasteiger partial charge in [-0.2, -0.15) is 0 Å². The summed E-state index contributed by atoms with van der Waals surface area (Å²) >= 11 is 0. The molecule has 4 nitrogen and oxygen atoms in total. The average molecular weight is 193 g/mol. The molecule has 0 radical (unpaired) electrons. The Kier molecular flexibility index (Phi) is 2.94. The molecule has 12 heavy (non-hydrogen) atoms.